The zero-order valence-electron chi connectivity index (χ0n) is 15.3. The lowest BCUT2D eigenvalue weighted by molar-refractivity contribution is 0.527. The Hall–Kier alpha value is -2.46. The summed E-state index contributed by atoms with van der Waals surface area (Å²) in [5, 5.41) is 1.08. The van der Waals surface area contributed by atoms with Crippen molar-refractivity contribution in [3.8, 4) is 0 Å². The lowest BCUT2D eigenvalue weighted by atomic mass is 10.3. The lowest BCUT2D eigenvalue weighted by Crippen LogP contribution is -2.13. The minimum atomic E-state index is -4.06. The van der Waals surface area contributed by atoms with Crippen molar-refractivity contribution in [1.29, 1.82) is 0 Å². The number of benzene rings is 2. The summed E-state index contributed by atoms with van der Waals surface area (Å²) in [5.41, 5.74) is 0.770. The van der Waals surface area contributed by atoms with Crippen molar-refractivity contribution >= 4 is 61.8 Å². The maximum Gasteiger partial charge on any atom is 0.419 e. The van der Waals surface area contributed by atoms with Crippen molar-refractivity contribution in [1.82, 2.24) is 9.55 Å². The van der Waals surface area contributed by atoms with E-state index in [4.69, 9.17) is 27.6 Å². The Labute approximate surface area is 185 Å². The van der Waals surface area contributed by atoms with Gasteiger partial charge >= 0.3 is 5.76 Å². The molecule has 2 heterocycles. The summed E-state index contributed by atoms with van der Waals surface area (Å²) < 4.78 is 34.5. The summed E-state index contributed by atoms with van der Waals surface area (Å²) in [7, 11) is -2.56. The molecule has 0 radical (unpaired) electrons. The molecule has 0 bridgehead atoms. The molecule has 11 heteroatoms. The van der Waals surface area contributed by atoms with Crippen molar-refractivity contribution in [2.75, 3.05) is 4.72 Å². The Morgan fingerprint density at radius 1 is 1.10 bits per heavy atom. The van der Waals surface area contributed by atoms with Gasteiger partial charge in [-0.05, 0) is 36.4 Å². The minimum Gasteiger partial charge on any atom is -0.408 e. The summed E-state index contributed by atoms with van der Waals surface area (Å²) in [6.45, 7) is 0. The second kappa shape index (κ2) is 7.99. The third-order valence-electron chi connectivity index (χ3n) is 4.17. The summed E-state index contributed by atoms with van der Waals surface area (Å²) in [5.74, 6) is -0.614. The average molecular weight is 482 g/mol. The van der Waals surface area contributed by atoms with Gasteiger partial charge in [-0.15, -0.1) is 0 Å². The predicted molar refractivity (Wildman–Crippen MR) is 117 cm³/mol. The van der Waals surface area contributed by atoms with Crippen LogP contribution in [0.3, 0.4) is 0 Å². The van der Waals surface area contributed by atoms with Crippen molar-refractivity contribution < 1.29 is 12.8 Å². The third kappa shape index (κ3) is 4.06. The summed E-state index contributed by atoms with van der Waals surface area (Å²) in [4.78, 5) is 16.4. The topological polar surface area (TPSA) is 94.2 Å². The normalized spacial score (nSPS) is 11.7. The number of halogens is 2. The molecule has 0 aliphatic rings. The Morgan fingerprint density at radius 3 is 2.60 bits per heavy atom. The van der Waals surface area contributed by atoms with E-state index in [1.807, 2.05) is 18.2 Å². The molecule has 2 aromatic heterocycles. The largest absolute Gasteiger partial charge is 0.419 e. The van der Waals surface area contributed by atoms with Gasteiger partial charge in [-0.3, -0.25) is 9.29 Å². The smallest absolute Gasteiger partial charge is 0.408 e. The maximum atomic E-state index is 12.9. The lowest BCUT2D eigenvalue weighted by Gasteiger charge is -2.11. The Morgan fingerprint density at radius 2 is 1.90 bits per heavy atom. The van der Waals surface area contributed by atoms with Crippen LogP contribution >= 0.6 is 35.0 Å². The highest BCUT2D eigenvalue weighted by atomic mass is 35.5. The molecule has 4 aromatic rings. The van der Waals surface area contributed by atoms with E-state index in [9.17, 15) is 13.2 Å². The number of pyridine rings is 1. The molecule has 30 heavy (non-hydrogen) atoms. The van der Waals surface area contributed by atoms with Gasteiger partial charge in [-0.1, -0.05) is 41.0 Å². The van der Waals surface area contributed by atoms with Gasteiger partial charge < -0.3 is 4.42 Å². The molecule has 2 aromatic carbocycles. The summed E-state index contributed by atoms with van der Waals surface area (Å²) >= 11 is 13.9. The number of hydrogen-bond acceptors (Lipinski definition) is 6. The van der Waals surface area contributed by atoms with Crippen LogP contribution in [0.25, 0.3) is 11.1 Å². The molecule has 0 aliphatic heterocycles. The van der Waals surface area contributed by atoms with Gasteiger partial charge in [-0.2, -0.15) is 0 Å². The number of aromatic nitrogens is 2. The first-order valence-electron chi connectivity index (χ1n) is 8.45. The van der Waals surface area contributed by atoms with Gasteiger partial charge in [0.05, 0.1) is 21.2 Å². The fourth-order valence-corrected chi connectivity index (χ4v) is 5.37. The fraction of sp³-hybridized carbons (Fsp3) is 0.0526. The number of nitrogens with one attached hydrogen (secondary N) is 1. The number of sulfonamides is 1. The van der Waals surface area contributed by atoms with E-state index >= 15 is 0 Å². The van der Waals surface area contributed by atoms with Gasteiger partial charge in [0.2, 0.25) is 0 Å². The zero-order chi connectivity index (χ0) is 21.5. The van der Waals surface area contributed by atoms with E-state index in [0.29, 0.717) is 10.5 Å². The van der Waals surface area contributed by atoms with Crippen LogP contribution in [0.4, 0.5) is 5.69 Å². The van der Waals surface area contributed by atoms with Crippen LogP contribution in [0.5, 0.6) is 0 Å². The van der Waals surface area contributed by atoms with Crippen molar-refractivity contribution in [3.63, 3.8) is 0 Å². The fourth-order valence-electron chi connectivity index (χ4n) is 2.71. The molecule has 1 N–H and O–H groups in total. The number of anilines is 1. The highest BCUT2D eigenvalue weighted by Crippen LogP contribution is 2.35. The van der Waals surface area contributed by atoms with Crippen LogP contribution in [0.2, 0.25) is 10.0 Å². The van der Waals surface area contributed by atoms with Gasteiger partial charge in [-0.25, -0.2) is 18.2 Å². The van der Waals surface area contributed by atoms with Crippen molar-refractivity contribution in [2.45, 2.75) is 14.8 Å². The summed E-state index contributed by atoms with van der Waals surface area (Å²) in [6, 6.07) is 12.9. The monoisotopic (exact) mass is 481 g/mol. The van der Waals surface area contributed by atoms with E-state index < -0.39 is 15.8 Å². The molecular weight excluding hydrogens is 469 g/mol. The zero-order valence-corrected chi connectivity index (χ0v) is 18.4. The molecular formula is C19H13Cl2N3O4S2. The number of nitrogens with zero attached hydrogens (tertiary/aromatic N) is 2. The van der Waals surface area contributed by atoms with E-state index in [2.05, 4.69) is 9.71 Å². The minimum absolute atomic E-state index is 0.0418. The molecule has 0 aliphatic carbocycles. The second-order valence-electron chi connectivity index (χ2n) is 6.20. The van der Waals surface area contributed by atoms with Gasteiger partial charge in [0.25, 0.3) is 10.0 Å². The predicted octanol–water partition coefficient (Wildman–Crippen LogP) is 4.79. The van der Waals surface area contributed by atoms with Gasteiger partial charge in [0, 0.05) is 24.2 Å². The quantitative estimate of drug-likeness (QED) is 0.440. The van der Waals surface area contributed by atoms with Crippen LogP contribution < -0.4 is 10.5 Å². The number of aryl methyl sites for hydroxylation is 1. The average Bonchev–Trinajstić information content (AvgIpc) is 2.97. The van der Waals surface area contributed by atoms with Gasteiger partial charge in [0.1, 0.15) is 9.92 Å². The highest BCUT2D eigenvalue weighted by molar-refractivity contribution is 7.99. The first kappa shape index (κ1) is 20.8. The van der Waals surface area contributed by atoms with Crippen LogP contribution in [0, 0.1) is 0 Å². The van der Waals surface area contributed by atoms with Crippen LogP contribution in [-0.2, 0) is 17.1 Å². The Bertz CT molecular complexity index is 1420. The maximum absolute atomic E-state index is 12.9. The Balaban J connectivity index is 1.63. The second-order valence-corrected chi connectivity index (χ2v) is 9.73. The molecule has 0 saturated carbocycles. The van der Waals surface area contributed by atoms with E-state index in [0.717, 1.165) is 9.92 Å². The summed E-state index contributed by atoms with van der Waals surface area (Å²) in [6.07, 6.45) is 1.67. The van der Waals surface area contributed by atoms with Gasteiger partial charge in [0.15, 0.2) is 5.58 Å². The molecule has 0 amide bonds. The SMILES string of the molecule is Cn1c(=O)oc2cc(S(=O)(=O)Nc3ccc(Sc4ccccn4)c(Cl)c3)c(Cl)cc21. The first-order valence-corrected chi connectivity index (χ1v) is 11.5. The molecule has 7 nitrogen and oxygen atoms in total. The molecule has 0 spiro atoms. The molecule has 0 saturated heterocycles. The van der Waals surface area contributed by atoms with Crippen LogP contribution in [-0.4, -0.2) is 18.0 Å². The number of oxazole rings is 1. The standard InChI is InChI=1S/C19H13Cl2N3O4S2/c1-24-14-9-13(21)17(10-15(14)28-19(24)25)30(26,27)23-11-5-6-16(12(20)8-11)29-18-4-2-3-7-22-18/h2-10,23H,1H3. The number of fused-ring (bicyclic) bond motifs is 1. The van der Waals surface area contributed by atoms with Crippen LogP contribution in [0.15, 0.2) is 78.8 Å². The highest BCUT2D eigenvalue weighted by Gasteiger charge is 2.22. The van der Waals surface area contributed by atoms with Crippen molar-refractivity contribution in [2.24, 2.45) is 7.05 Å². The Kier molecular flexibility index (Phi) is 5.54. The van der Waals surface area contributed by atoms with E-state index in [1.54, 1.807) is 18.3 Å². The van der Waals surface area contributed by atoms with E-state index in [1.165, 1.54) is 41.6 Å². The number of hydrogen-bond donors (Lipinski definition) is 1. The van der Waals surface area contributed by atoms with E-state index in [-0.39, 0.29) is 21.2 Å². The molecule has 0 fully saturated rings. The molecule has 154 valence electrons. The first-order chi connectivity index (χ1) is 14.2. The van der Waals surface area contributed by atoms with Crippen molar-refractivity contribution in [3.05, 3.63) is 75.3 Å². The number of rotatable bonds is 5. The molecule has 0 atom stereocenters. The third-order valence-corrected chi connectivity index (χ3v) is 7.47. The molecule has 4 rings (SSSR count). The van der Waals surface area contributed by atoms with Crippen LogP contribution in [0.1, 0.15) is 0 Å². The molecule has 0 unspecified atom stereocenters.